The zero-order valence-electron chi connectivity index (χ0n) is 9.97. The molecule has 0 spiro atoms. The van der Waals surface area contributed by atoms with Crippen molar-refractivity contribution in [2.24, 2.45) is 0 Å². The van der Waals surface area contributed by atoms with E-state index in [1.807, 2.05) is 13.0 Å². The Morgan fingerprint density at radius 2 is 1.79 bits per heavy atom. The van der Waals surface area contributed by atoms with E-state index in [0.29, 0.717) is 15.7 Å². The van der Waals surface area contributed by atoms with Crippen LogP contribution in [-0.2, 0) is 0 Å². The van der Waals surface area contributed by atoms with Gasteiger partial charge in [-0.2, -0.15) is 5.26 Å². The molecule has 2 nitrogen and oxygen atoms in total. The summed E-state index contributed by atoms with van der Waals surface area (Å²) in [5.41, 5.74) is 1.33. The molecule has 0 saturated carbocycles. The Morgan fingerprint density at radius 1 is 1.16 bits per heavy atom. The monoisotopic (exact) mass is 322 g/mol. The molecule has 2 aromatic carbocycles. The zero-order chi connectivity index (χ0) is 14.0. The van der Waals surface area contributed by atoms with E-state index < -0.39 is 11.6 Å². The summed E-state index contributed by atoms with van der Waals surface area (Å²) in [7, 11) is 0. The van der Waals surface area contributed by atoms with Crippen LogP contribution in [0.5, 0.6) is 0 Å². The van der Waals surface area contributed by atoms with Crippen LogP contribution in [-0.4, -0.2) is 0 Å². The van der Waals surface area contributed by atoms with E-state index in [1.165, 1.54) is 0 Å². The summed E-state index contributed by atoms with van der Waals surface area (Å²) >= 11 is 3.01. The van der Waals surface area contributed by atoms with Gasteiger partial charge in [-0.3, -0.25) is 0 Å². The van der Waals surface area contributed by atoms with Crippen LogP contribution in [0.1, 0.15) is 11.1 Å². The lowest BCUT2D eigenvalue weighted by atomic mass is 10.1. The maximum absolute atomic E-state index is 13.7. The van der Waals surface area contributed by atoms with Crippen molar-refractivity contribution in [1.82, 2.24) is 0 Å². The Hall–Kier alpha value is -1.93. The summed E-state index contributed by atoms with van der Waals surface area (Å²) in [4.78, 5) is 0. The van der Waals surface area contributed by atoms with Gasteiger partial charge in [0.05, 0.1) is 11.3 Å². The van der Waals surface area contributed by atoms with Gasteiger partial charge < -0.3 is 5.32 Å². The van der Waals surface area contributed by atoms with Gasteiger partial charge in [-0.05, 0) is 36.8 Å². The molecule has 0 bridgehead atoms. The van der Waals surface area contributed by atoms with Crippen molar-refractivity contribution >= 4 is 27.3 Å². The summed E-state index contributed by atoms with van der Waals surface area (Å²) in [5, 5.41) is 11.6. The molecule has 0 aromatic heterocycles. The SMILES string of the molecule is Cc1ccc(Nc2c(F)cc(Br)cc2F)c(C#N)c1. The fourth-order valence-corrected chi connectivity index (χ4v) is 2.06. The minimum absolute atomic E-state index is 0.274. The second-order valence-corrected chi connectivity index (χ2v) is 4.95. The van der Waals surface area contributed by atoms with E-state index in [1.54, 1.807) is 18.2 Å². The standard InChI is InChI=1S/C14H9BrF2N2/c1-8-2-3-13(9(4-8)7-18)19-14-11(16)5-10(15)6-12(14)17/h2-6,19H,1H3. The van der Waals surface area contributed by atoms with Gasteiger partial charge in [0.1, 0.15) is 11.8 Å². The van der Waals surface area contributed by atoms with E-state index in [-0.39, 0.29) is 5.69 Å². The second-order valence-electron chi connectivity index (χ2n) is 4.03. The van der Waals surface area contributed by atoms with Crippen molar-refractivity contribution in [2.75, 3.05) is 5.32 Å². The number of rotatable bonds is 2. The molecule has 0 heterocycles. The summed E-state index contributed by atoms with van der Waals surface area (Å²) in [6.07, 6.45) is 0. The molecule has 0 saturated heterocycles. The molecule has 96 valence electrons. The number of nitriles is 1. The Labute approximate surface area is 117 Å². The number of aryl methyl sites for hydroxylation is 1. The fraction of sp³-hybridized carbons (Fsp3) is 0.0714. The third kappa shape index (κ3) is 2.91. The number of nitrogens with one attached hydrogen (secondary N) is 1. The highest BCUT2D eigenvalue weighted by atomic mass is 79.9. The predicted octanol–water partition coefficient (Wildman–Crippen LogP) is 4.65. The van der Waals surface area contributed by atoms with Crippen molar-refractivity contribution < 1.29 is 8.78 Å². The lowest BCUT2D eigenvalue weighted by Gasteiger charge is -2.11. The van der Waals surface area contributed by atoms with Gasteiger partial charge in [0.2, 0.25) is 0 Å². The normalized spacial score (nSPS) is 10.1. The van der Waals surface area contributed by atoms with Crippen molar-refractivity contribution in [3.63, 3.8) is 0 Å². The first-order chi connectivity index (χ1) is 9.01. The number of anilines is 2. The maximum Gasteiger partial charge on any atom is 0.150 e. The van der Waals surface area contributed by atoms with Gasteiger partial charge in [-0.15, -0.1) is 0 Å². The Kier molecular flexibility index (Phi) is 3.82. The summed E-state index contributed by atoms with van der Waals surface area (Å²) in [6.45, 7) is 1.84. The molecule has 0 radical (unpaired) electrons. The molecule has 2 rings (SSSR count). The van der Waals surface area contributed by atoms with Crippen LogP contribution in [0.2, 0.25) is 0 Å². The molecular weight excluding hydrogens is 314 g/mol. The van der Waals surface area contributed by atoms with Crippen molar-refractivity contribution in [3.05, 3.63) is 57.6 Å². The smallest absolute Gasteiger partial charge is 0.150 e. The Balaban J connectivity index is 2.45. The van der Waals surface area contributed by atoms with Gasteiger partial charge in [0, 0.05) is 4.47 Å². The quantitative estimate of drug-likeness (QED) is 0.873. The average Bonchev–Trinajstić information content (AvgIpc) is 2.35. The first kappa shape index (κ1) is 13.5. The van der Waals surface area contributed by atoms with Crippen LogP contribution >= 0.6 is 15.9 Å². The predicted molar refractivity (Wildman–Crippen MR) is 73.2 cm³/mol. The fourth-order valence-electron chi connectivity index (χ4n) is 1.66. The highest BCUT2D eigenvalue weighted by Crippen LogP contribution is 2.28. The Bertz CT molecular complexity index is 655. The van der Waals surface area contributed by atoms with Gasteiger partial charge >= 0.3 is 0 Å². The molecular formula is C14H9BrF2N2. The van der Waals surface area contributed by atoms with Crippen LogP contribution in [0.15, 0.2) is 34.8 Å². The first-order valence-electron chi connectivity index (χ1n) is 5.43. The molecule has 2 aromatic rings. The molecule has 0 fully saturated rings. The molecule has 0 atom stereocenters. The number of nitrogens with zero attached hydrogens (tertiary/aromatic N) is 1. The van der Waals surface area contributed by atoms with E-state index in [9.17, 15) is 8.78 Å². The summed E-state index contributed by atoms with van der Waals surface area (Å²) in [5.74, 6) is -1.45. The average molecular weight is 323 g/mol. The number of hydrogen-bond acceptors (Lipinski definition) is 2. The zero-order valence-corrected chi connectivity index (χ0v) is 11.6. The van der Waals surface area contributed by atoms with E-state index in [2.05, 4.69) is 21.2 Å². The van der Waals surface area contributed by atoms with Crippen LogP contribution in [0.3, 0.4) is 0 Å². The molecule has 5 heteroatoms. The molecule has 0 aliphatic rings. The van der Waals surface area contributed by atoms with E-state index >= 15 is 0 Å². The molecule has 0 aliphatic carbocycles. The van der Waals surface area contributed by atoms with Gasteiger partial charge in [0.25, 0.3) is 0 Å². The van der Waals surface area contributed by atoms with Gasteiger partial charge in [-0.1, -0.05) is 22.0 Å². The van der Waals surface area contributed by atoms with Crippen LogP contribution in [0.25, 0.3) is 0 Å². The molecule has 0 aliphatic heterocycles. The van der Waals surface area contributed by atoms with Crippen molar-refractivity contribution in [1.29, 1.82) is 5.26 Å². The van der Waals surface area contributed by atoms with Crippen molar-refractivity contribution in [3.8, 4) is 6.07 Å². The minimum atomic E-state index is -0.726. The third-order valence-corrected chi connectivity index (χ3v) is 3.02. The number of hydrogen-bond donors (Lipinski definition) is 1. The molecule has 0 amide bonds. The Morgan fingerprint density at radius 3 is 2.37 bits per heavy atom. The van der Waals surface area contributed by atoms with Gasteiger partial charge in [0.15, 0.2) is 11.6 Å². The van der Waals surface area contributed by atoms with E-state index in [4.69, 9.17) is 5.26 Å². The van der Waals surface area contributed by atoms with Crippen LogP contribution in [0, 0.1) is 29.9 Å². The first-order valence-corrected chi connectivity index (χ1v) is 6.23. The minimum Gasteiger partial charge on any atom is -0.350 e. The summed E-state index contributed by atoms with van der Waals surface area (Å²) in [6, 6.07) is 9.34. The largest absolute Gasteiger partial charge is 0.350 e. The lowest BCUT2D eigenvalue weighted by molar-refractivity contribution is 0.589. The van der Waals surface area contributed by atoms with Gasteiger partial charge in [-0.25, -0.2) is 8.78 Å². The number of halogens is 3. The van der Waals surface area contributed by atoms with Crippen molar-refractivity contribution in [2.45, 2.75) is 6.92 Å². The van der Waals surface area contributed by atoms with E-state index in [0.717, 1.165) is 17.7 Å². The lowest BCUT2D eigenvalue weighted by Crippen LogP contribution is -2.00. The second kappa shape index (κ2) is 5.37. The molecule has 0 unspecified atom stereocenters. The summed E-state index contributed by atoms with van der Waals surface area (Å²) < 4.78 is 27.7. The maximum atomic E-state index is 13.7. The van der Waals surface area contributed by atoms with Crippen LogP contribution < -0.4 is 5.32 Å². The highest BCUT2D eigenvalue weighted by molar-refractivity contribution is 9.10. The molecule has 19 heavy (non-hydrogen) atoms. The molecule has 1 N–H and O–H groups in total. The number of benzene rings is 2. The highest BCUT2D eigenvalue weighted by Gasteiger charge is 2.12. The third-order valence-electron chi connectivity index (χ3n) is 2.56. The topological polar surface area (TPSA) is 35.8 Å². The van der Waals surface area contributed by atoms with Crippen LogP contribution in [0.4, 0.5) is 20.2 Å².